The maximum absolute atomic E-state index is 12.7. The first-order valence-corrected chi connectivity index (χ1v) is 10.9. The van der Waals surface area contributed by atoms with E-state index in [1.165, 1.54) is 0 Å². The topological polar surface area (TPSA) is 115 Å². The Kier molecular flexibility index (Phi) is 4.69. The third kappa shape index (κ3) is 3.52. The molecule has 0 aliphatic heterocycles. The van der Waals surface area contributed by atoms with Crippen LogP contribution in [0.3, 0.4) is 0 Å². The van der Waals surface area contributed by atoms with Crippen LogP contribution in [0.2, 0.25) is 0 Å². The number of nitrogens with zero attached hydrogens (tertiary/aromatic N) is 4. The molecule has 0 saturated heterocycles. The highest BCUT2D eigenvalue weighted by Crippen LogP contribution is 2.44. The third-order valence-electron chi connectivity index (χ3n) is 5.50. The molecular formula is C18H22F2N6O2S. The van der Waals surface area contributed by atoms with Crippen LogP contribution in [-0.2, 0) is 34.6 Å². The molecule has 0 bridgehead atoms. The molecule has 0 radical (unpaired) electrons. The van der Waals surface area contributed by atoms with Gasteiger partial charge in [0, 0.05) is 17.3 Å². The van der Waals surface area contributed by atoms with E-state index in [9.17, 15) is 17.8 Å². The number of aromatic nitrogens is 3. The fourth-order valence-electron chi connectivity index (χ4n) is 4.02. The molecule has 1 atom stereocenters. The maximum atomic E-state index is 12.7. The van der Waals surface area contributed by atoms with Gasteiger partial charge in [0.05, 0.1) is 11.4 Å². The van der Waals surface area contributed by atoms with E-state index >= 15 is 0 Å². The molecule has 0 spiro atoms. The highest BCUT2D eigenvalue weighted by molar-refractivity contribution is 7.91. The molecule has 2 aliphatic carbocycles. The minimum Gasteiger partial charge on any atom is -0.305 e. The van der Waals surface area contributed by atoms with Crippen LogP contribution in [0.25, 0.3) is 0 Å². The summed E-state index contributed by atoms with van der Waals surface area (Å²) in [6.07, 6.45) is 5.21. The molecular weight excluding hydrogens is 402 g/mol. The number of alkyl halides is 2. The number of pyridine rings is 1. The van der Waals surface area contributed by atoms with E-state index in [0.29, 0.717) is 10.4 Å². The van der Waals surface area contributed by atoms with Gasteiger partial charge in [0.15, 0.2) is 14.9 Å². The van der Waals surface area contributed by atoms with Crippen LogP contribution in [0.5, 0.6) is 0 Å². The number of hydrogen-bond donors (Lipinski definition) is 2. The van der Waals surface area contributed by atoms with Gasteiger partial charge in [-0.2, -0.15) is 13.9 Å². The van der Waals surface area contributed by atoms with E-state index in [1.54, 1.807) is 0 Å². The number of nitrogens with two attached hydrogens (primary N) is 1. The zero-order chi connectivity index (χ0) is 21.0. The van der Waals surface area contributed by atoms with Crippen molar-refractivity contribution in [2.24, 2.45) is 9.50 Å². The molecule has 0 aromatic carbocycles. The largest absolute Gasteiger partial charge is 0.354 e. The monoisotopic (exact) mass is 424 g/mol. The van der Waals surface area contributed by atoms with Gasteiger partial charge in [-0.25, -0.2) is 18.8 Å². The molecule has 2 amide bonds. The number of nitrogens with one attached hydrogen (secondary N) is 1. The first-order chi connectivity index (χ1) is 13.6. The van der Waals surface area contributed by atoms with Crippen molar-refractivity contribution in [3.63, 3.8) is 0 Å². The van der Waals surface area contributed by atoms with Crippen molar-refractivity contribution in [3.05, 3.63) is 34.8 Å². The van der Waals surface area contributed by atoms with Crippen molar-refractivity contribution in [2.75, 3.05) is 5.32 Å². The number of carbonyl (C=O) groups is 1. The second-order valence-electron chi connectivity index (χ2n) is 7.98. The number of anilines is 1. The zero-order valence-electron chi connectivity index (χ0n) is 16.1. The van der Waals surface area contributed by atoms with Gasteiger partial charge in [-0.05, 0) is 49.3 Å². The lowest BCUT2D eigenvalue weighted by Crippen LogP contribution is -2.20. The number of fused-ring (bicyclic) bond motifs is 2. The molecule has 29 heavy (non-hydrogen) atoms. The highest BCUT2D eigenvalue weighted by Gasteiger charge is 2.36. The number of carbonyl (C=O) groups excluding carboxylic acids is 1. The summed E-state index contributed by atoms with van der Waals surface area (Å²) in [6.45, 7) is 1.34. The van der Waals surface area contributed by atoms with E-state index < -0.39 is 22.5 Å². The van der Waals surface area contributed by atoms with E-state index in [2.05, 4.69) is 28.6 Å². The first-order valence-electron chi connectivity index (χ1n) is 9.33. The van der Waals surface area contributed by atoms with Gasteiger partial charge >= 0.3 is 12.6 Å². The van der Waals surface area contributed by atoms with Crippen LogP contribution in [0.4, 0.5) is 19.3 Å². The van der Waals surface area contributed by atoms with Crippen LogP contribution in [0.15, 0.2) is 21.7 Å². The number of hydrogen-bond acceptors (Lipinski definition) is 4. The third-order valence-corrected chi connectivity index (χ3v) is 6.75. The van der Waals surface area contributed by atoms with Crippen molar-refractivity contribution in [2.45, 2.75) is 62.9 Å². The van der Waals surface area contributed by atoms with E-state index in [1.807, 2.05) is 0 Å². The van der Waals surface area contributed by atoms with Crippen molar-refractivity contribution in [3.8, 4) is 0 Å². The average molecular weight is 424 g/mol. The Morgan fingerprint density at radius 3 is 2.79 bits per heavy atom. The van der Waals surface area contributed by atoms with Crippen molar-refractivity contribution >= 4 is 21.6 Å². The fourth-order valence-corrected chi connectivity index (χ4v) is 4.87. The molecule has 4 rings (SSSR count). The molecule has 0 saturated carbocycles. The minimum atomic E-state index is -3.76. The van der Waals surface area contributed by atoms with Crippen molar-refractivity contribution in [1.82, 2.24) is 14.8 Å². The number of amides is 2. The summed E-state index contributed by atoms with van der Waals surface area (Å²) in [4.78, 5) is 17.4. The van der Waals surface area contributed by atoms with Crippen LogP contribution < -0.4 is 10.5 Å². The summed E-state index contributed by atoms with van der Waals surface area (Å²) in [5.74, 6) is 0. The first kappa shape index (κ1) is 19.9. The molecule has 11 heteroatoms. The Bertz CT molecular complexity index is 1120. The lowest BCUT2D eigenvalue weighted by atomic mass is 9.90. The summed E-state index contributed by atoms with van der Waals surface area (Å²) in [7, 11) is -3.76. The standard InChI is InChI=1S/C18H22F2N6O2S/c1-18(2)8-6-11-14(10-4-3-5-12(10)22-15(11)18)23-17(27)25-29(21,28)13-7-9-26(24-13)16(19)20/h7,9,16H,3-6,8H2,1-2H3,(H3,21,22,23,25,27,28)/t29-/m0/s1. The molecule has 3 N–H and O–H groups in total. The van der Waals surface area contributed by atoms with Crippen molar-refractivity contribution < 1.29 is 17.8 Å². The highest BCUT2D eigenvalue weighted by atomic mass is 32.2. The summed E-state index contributed by atoms with van der Waals surface area (Å²) >= 11 is 0. The molecule has 2 aromatic heterocycles. The van der Waals surface area contributed by atoms with Crippen LogP contribution in [0, 0.1) is 0 Å². The van der Waals surface area contributed by atoms with E-state index in [0.717, 1.165) is 66.9 Å². The zero-order valence-corrected chi connectivity index (χ0v) is 16.9. The van der Waals surface area contributed by atoms with E-state index in [-0.39, 0.29) is 10.4 Å². The summed E-state index contributed by atoms with van der Waals surface area (Å²) in [5.41, 5.74) is 4.48. The smallest absolute Gasteiger partial charge is 0.305 e. The number of rotatable bonds is 3. The Balaban J connectivity index is 1.69. The molecule has 2 heterocycles. The van der Waals surface area contributed by atoms with Gasteiger partial charge in [0.1, 0.15) is 0 Å². The summed E-state index contributed by atoms with van der Waals surface area (Å²) in [5, 5.41) is 11.5. The number of aryl methyl sites for hydroxylation is 1. The van der Waals surface area contributed by atoms with Gasteiger partial charge in [0.2, 0.25) is 0 Å². The van der Waals surface area contributed by atoms with Crippen molar-refractivity contribution in [1.29, 1.82) is 0 Å². The van der Waals surface area contributed by atoms with E-state index in [4.69, 9.17) is 10.1 Å². The summed E-state index contributed by atoms with van der Waals surface area (Å²) < 4.78 is 41.8. The van der Waals surface area contributed by atoms with Gasteiger partial charge in [-0.1, -0.05) is 13.8 Å². The maximum Gasteiger partial charge on any atom is 0.354 e. The molecule has 8 nitrogen and oxygen atoms in total. The van der Waals surface area contributed by atoms with Gasteiger partial charge in [0.25, 0.3) is 0 Å². The lowest BCUT2D eigenvalue weighted by molar-refractivity contribution is 0.0554. The predicted molar refractivity (Wildman–Crippen MR) is 103 cm³/mol. The Morgan fingerprint density at radius 2 is 2.10 bits per heavy atom. The van der Waals surface area contributed by atoms with Gasteiger partial charge in [-0.15, -0.1) is 4.36 Å². The number of halogens is 2. The normalized spacial score (nSPS) is 19.0. The van der Waals surface area contributed by atoms with Crippen LogP contribution >= 0.6 is 0 Å². The van der Waals surface area contributed by atoms with Gasteiger partial charge in [-0.3, -0.25) is 4.98 Å². The second-order valence-corrected chi connectivity index (χ2v) is 9.72. The quantitative estimate of drug-likeness (QED) is 0.786. The molecule has 0 fully saturated rings. The lowest BCUT2D eigenvalue weighted by Gasteiger charge is -2.20. The average Bonchev–Trinajstić information content (AvgIpc) is 3.34. The molecule has 156 valence electrons. The summed E-state index contributed by atoms with van der Waals surface area (Å²) in [6, 6.07) is 0.173. The predicted octanol–water partition coefficient (Wildman–Crippen LogP) is 3.32. The number of urea groups is 1. The Hall–Kier alpha value is -2.40. The molecule has 0 unspecified atom stereocenters. The van der Waals surface area contributed by atoms with Crippen LogP contribution in [-0.4, -0.2) is 25.0 Å². The minimum absolute atomic E-state index is 0.0902. The Morgan fingerprint density at radius 1 is 1.34 bits per heavy atom. The fraction of sp³-hybridized carbons (Fsp3) is 0.500. The van der Waals surface area contributed by atoms with Crippen LogP contribution in [0.1, 0.15) is 55.8 Å². The second kappa shape index (κ2) is 6.84. The molecule has 2 aromatic rings. The Labute approximate surface area is 167 Å². The SMILES string of the molecule is CC1(C)CCc2c1nc1c(c2NC(=O)N=[S@](N)(=O)c2ccn(C(F)F)n2)CCC1. The van der Waals surface area contributed by atoms with Gasteiger partial charge < -0.3 is 5.32 Å². The molecule has 2 aliphatic rings.